The van der Waals surface area contributed by atoms with Gasteiger partial charge in [0.15, 0.2) is 0 Å². The number of hydrogen-bond acceptors (Lipinski definition) is 5. The van der Waals surface area contributed by atoms with Gasteiger partial charge in [-0.25, -0.2) is 0 Å². The molecule has 0 unspecified atom stereocenters. The van der Waals surface area contributed by atoms with Crippen LogP contribution >= 0.6 is 0 Å². The molecule has 2 aromatic rings. The maximum Gasteiger partial charge on any atom is 0.125 e. The molecular weight excluding hydrogens is 376 g/mol. The predicted molar refractivity (Wildman–Crippen MR) is 123 cm³/mol. The normalized spacial score (nSPS) is 11.7. The molecule has 0 aliphatic carbocycles. The Labute approximate surface area is 180 Å². The smallest absolute Gasteiger partial charge is 0.125 e. The van der Waals surface area contributed by atoms with E-state index in [4.69, 9.17) is 14.3 Å². The van der Waals surface area contributed by atoms with Crippen LogP contribution in [0.2, 0.25) is 0 Å². The van der Waals surface area contributed by atoms with Gasteiger partial charge in [0, 0.05) is 17.5 Å². The summed E-state index contributed by atoms with van der Waals surface area (Å²) >= 11 is 0. The largest absolute Gasteiger partial charge is 0.493 e. The van der Waals surface area contributed by atoms with E-state index in [0.29, 0.717) is 6.61 Å². The molecule has 0 N–H and O–H groups in total. The molecule has 0 saturated heterocycles. The molecule has 0 radical (unpaired) electrons. The lowest BCUT2D eigenvalue weighted by Gasteiger charge is -2.14. The van der Waals surface area contributed by atoms with E-state index in [1.165, 1.54) is 0 Å². The molecule has 0 aliphatic rings. The van der Waals surface area contributed by atoms with Gasteiger partial charge < -0.3 is 14.3 Å². The van der Waals surface area contributed by atoms with Crippen LogP contribution in [0, 0.1) is 13.8 Å². The van der Waals surface area contributed by atoms with Gasteiger partial charge in [0.2, 0.25) is 0 Å². The van der Waals surface area contributed by atoms with Gasteiger partial charge in [-0.15, -0.1) is 0 Å². The average Bonchev–Trinajstić information content (AvgIpc) is 2.73. The molecular formula is C25H34N2O3. The third kappa shape index (κ3) is 7.54. The first-order chi connectivity index (χ1) is 14.5. The molecule has 162 valence electrons. The van der Waals surface area contributed by atoms with Crippen LogP contribution in [0.4, 0.5) is 0 Å². The lowest BCUT2D eigenvalue weighted by atomic mass is 10.1. The number of unbranched alkanes of at least 4 members (excludes halogenated alkanes) is 2. The summed E-state index contributed by atoms with van der Waals surface area (Å²) in [4.78, 5) is 9.32. The number of nitrogens with zero attached hydrogens (tertiary/aromatic N) is 2. The van der Waals surface area contributed by atoms with Crippen molar-refractivity contribution in [2.75, 3.05) is 20.3 Å². The molecule has 2 rings (SSSR count). The number of aryl methyl sites for hydroxylation is 3. The first kappa shape index (κ1) is 23.5. The lowest BCUT2D eigenvalue weighted by molar-refractivity contribution is 0.213. The maximum atomic E-state index is 6.06. The van der Waals surface area contributed by atoms with E-state index in [-0.39, 0.29) is 0 Å². The molecule has 5 heteroatoms. The van der Waals surface area contributed by atoms with Gasteiger partial charge in [0.1, 0.15) is 25.2 Å². The number of hydrogen-bond donors (Lipinski definition) is 0. The summed E-state index contributed by atoms with van der Waals surface area (Å²) in [5, 5.41) is 3.93. The molecule has 5 nitrogen and oxygen atoms in total. The van der Waals surface area contributed by atoms with E-state index in [2.05, 4.69) is 30.1 Å². The lowest BCUT2D eigenvalue weighted by Crippen LogP contribution is -2.02. The first-order valence-electron chi connectivity index (χ1n) is 10.6. The van der Waals surface area contributed by atoms with Gasteiger partial charge in [0.25, 0.3) is 0 Å². The molecule has 1 aromatic carbocycles. The molecule has 0 aliphatic heterocycles. The minimum Gasteiger partial charge on any atom is -0.493 e. The van der Waals surface area contributed by atoms with Crippen molar-refractivity contribution in [2.24, 2.45) is 5.16 Å². The fraction of sp³-hybridized carbons (Fsp3) is 0.440. The van der Waals surface area contributed by atoms with Crippen molar-refractivity contribution in [1.82, 2.24) is 4.98 Å². The van der Waals surface area contributed by atoms with Gasteiger partial charge in [0.05, 0.1) is 12.3 Å². The third-order valence-corrected chi connectivity index (χ3v) is 4.81. The SMILES string of the molecule is C/C=C/COc1cc(C)c(OCCCCCc2ccc(C(C)=NOC)cn2)c(C)c1. The molecule has 0 bridgehead atoms. The van der Waals surface area contributed by atoms with Gasteiger partial charge >= 0.3 is 0 Å². The highest BCUT2D eigenvalue weighted by Crippen LogP contribution is 2.28. The highest BCUT2D eigenvalue weighted by Gasteiger charge is 2.07. The Morgan fingerprint density at radius 2 is 1.83 bits per heavy atom. The minimum atomic E-state index is 0.591. The summed E-state index contributed by atoms with van der Waals surface area (Å²) in [5.41, 5.74) is 5.14. The number of ether oxygens (including phenoxy) is 2. The van der Waals surface area contributed by atoms with Gasteiger partial charge in [-0.1, -0.05) is 17.3 Å². The van der Waals surface area contributed by atoms with Gasteiger partial charge in [-0.2, -0.15) is 0 Å². The Balaban J connectivity index is 1.72. The number of oxime groups is 1. The van der Waals surface area contributed by atoms with E-state index in [9.17, 15) is 0 Å². The van der Waals surface area contributed by atoms with Crippen LogP contribution in [0.3, 0.4) is 0 Å². The molecule has 30 heavy (non-hydrogen) atoms. The summed E-state index contributed by atoms with van der Waals surface area (Å²) in [6.45, 7) is 9.35. The number of aromatic nitrogens is 1. The molecule has 0 atom stereocenters. The third-order valence-electron chi connectivity index (χ3n) is 4.81. The zero-order valence-corrected chi connectivity index (χ0v) is 18.9. The summed E-state index contributed by atoms with van der Waals surface area (Å²) in [6.07, 6.45) is 10.0. The topological polar surface area (TPSA) is 52.9 Å². The van der Waals surface area contributed by atoms with Crippen LogP contribution in [-0.2, 0) is 11.3 Å². The molecule has 0 saturated carbocycles. The predicted octanol–water partition coefficient (Wildman–Crippen LogP) is 5.82. The highest BCUT2D eigenvalue weighted by molar-refractivity contribution is 5.97. The number of benzene rings is 1. The van der Waals surface area contributed by atoms with Crippen molar-refractivity contribution in [3.05, 3.63) is 65.0 Å². The summed E-state index contributed by atoms with van der Waals surface area (Å²) < 4.78 is 11.8. The molecule has 1 aromatic heterocycles. The van der Waals surface area contributed by atoms with E-state index in [0.717, 1.165) is 71.9 Å². The van der Waals surface area contributed by atoms with E-state index in [1.807, 2.05) is 50.4 Å². The molecule has 0 spiro atoms. The van der Waals surface area contributed by atoms with Crippen LogP contribution in [0.25, 0.3) is 0 Å². The Kier molecular flexibility index (Phi) is 9.92. The van der Waals surface area contributed by atoms with Gasteiger partial charge in [-0.05, 0) is 88.8 Å². The monoisotopic (exact) mass is 410 g/mol. The van der Waals surface area contributed by atoms with Gasteiger partial charge in [-0.3, -0.25) is 4.98 Å². The highest BCUT2D eigenvalue weighted by atomic mass is 16.6. The van der Waals surface area contributed by atoms with E-state index < -0.39 is 0 Å². The average molecular weight is 411 g/mol. The molecule has 1 heterocycles. The first-order valence-corrected chi connectivity index (χ1v) is 10.6. The fourth-order valence-electron chi connectivity index (χ4n) is 3.20. The van der Waals surface area contributed by atoms with Crippen LogP contribution in [0.5, 0.6) is 11.5 Å². The summed E-state index contributed by atoms with van der Waals surface area (Å²) in [6, 6.07) is 8.19. The van der Waals surface area contributed by atoms with Crippen LogP contribution in [-0.4, -0.2) is 31.0 Å². The minimum absolute atomic E-state index is 0.591. The molecule has 0 fully saturated rings. The number of pyridine rings is 1. The van der Waals surface area contributed by atoms with Crippen molar-refractivity contribution < 1.29 is 14.3 Å². The second-order valence-electron chi connectivity index (χ2n) is 7.32. The number of rotatable bonds is 12. The number of allylic oxidation sites excluding steroid dienone is 1. The standard InChI is InChI=1S/C25H34N2O3/c1-6-7-14-29-24-16-19(2)25(20(3)17-24)30-15-10-8-9-11-23-13-12-22(18-26-23)21(4)27-28-5/h6-7,12-13,16-18H,8-11,14-15H2,1-5H3/b7-6+,27-21?. The van der Waals surface area contributed by atoms with Crippen molar-refractivity contribution in [2.45, 2.75) is 53.4 Å². The fourth-order valence-corrected chi connectivity index (χ4v) is 3.20. The molecule has 0 amide bonds. The van der Waals surface area contributed by atoms with Crippen LogP contribution in [0.1, 0.15) is 55.5 Å². The van der Waals surface area contributed by atoms with Crippen LogP contribution in [0.15, 0.2) is 47.8 Å². The van der Waals surface area contributed by atoms with Crippen molar-refractivity contribution in [1.29, 1.82) is 0 Å². The second kappa shape index (κ2) is 12.7. The van der Waals surface area contributed by atoms with Crippen molar-refractivity contribution in [3.8, 4) is 11.5 Å². The van der Waals surface area contributed by atoms with E-state index in [1.54, 1.807) is 7.11 Å². The maximum absolute atomic E-state index is 6.06. The Morgan fingerprint density at radius 3 is 2.47 bits per heavy atom. The Hall–Kier alpha value is -2.82. The zero-order chi connectivity index (χ0) is 21.8. The van der Waals surface area contributed by atoms with E-state index >= 15 is 0 Å². The van der Waals surface area contributed by atoms with Crippen molar-refractivity contribution in [3.63, 3.8) is 0 Å². The Bertz CT molecular complexity index is 819. The van der Waals surface area contributed by atoms with Crippen molar-refractivity contribution >= 4 is 5.71 Å². The van der Waals surface area contributed by atoms with Crippen LogP contribution < -0.4 is 9.47 Å². The summed E-state index contributed by atoms with van der Waals surface area (Å²) in [7, 11) is 1.55. The quantitative estimate of drug-likeness (QED) is 0.192. The second-order valence-corrected chi connectivity index (χ2v) is 7.32. The zero-order valence-electron chi connectivity index (χ0n) is 18.9. The Morgan fingerprint density at radius 1 is 1.07 bits per heavy atom. The summed E-state index contributed by atoms with van der Waals surface area (Å²) in [5.74, 6) is 1.86.